The number of hydrogen-bond donors (Lipinski definition) is 0. The molecule has 0 N–H and O–H groups in total. The molecule has 0 amide bonds. The number of rotatable bonds is 5. The van der Waals surface area contributed by atoms with E-state index in [1.165, 1.54) is 132 Å². The molecular formula is C60H40. The van der Waals surface area contributed by atoms with Crippen LogP contribution in [0.2, 0.25) is 0 Å². The van der Waals surface area contributed by atoms with E-state index >= 15 is 0 Å². The lowest BCUT2D eigenvalue weighted by atomic mass is 9.82. The van der Waals surface area contributed by atoms with Gasteiger partial charge in [0.05, 0.1) is 0 Å². The maximum Gasteiger partial charge on any atom is -0.000741 e. The lowest BCUT2D eigenvalue weighted by Gasteiger charge is -2.20. The van der Waals surface area contributed by atoms with Gasteiger partial charge in [0.2, 0.25) is 0 Å². The van der Waals surface area contributed by atoms with Crippen molar-refractivity contribution in [3.05, 3.63) is 217 Å². The van der Waals surface area contributed by atoms with Crippen LogP contribution in [0.25, 0.3) is 121 Å². The van der Waals surface area contributed by atoms with Crippen LogP contribution in [0.15, 0.2) is 206 Å². The summed E-state index contributed by atoms with van der Waals surface area (Å²) in [6, 6.07) is 77.1. The van der Waals surface area contributed by atoms with Crippen molar-refractivity contribution in [1.82, 2.24) is 0 Å². The third kappa shape index (κ3) is 5.17. The predicted octanol–water partition coefficient (Wildman–Crippen LogP) is 16.9. The Morgan fingerprint density at radius 3 is 1.13 bits per heavy atom. The van der Waals surface area contributed by atoms with Crippen LogP contribution in [0.1, 0.15) is 11.1 Å². The van der Waals surface area contributed by atoms with E-state index in [0.29, 0.717) is 0 Å². The average molecular weight is 761 g/mol. The lowest BCUT2D eigenvalue weighted by molar-refractivity contribution is 1.47. The molecule has 1 aliphatic rings. The molecule has 0 heteroatoms. The zero-order valence-corrected chi connectivity index (χ0v) is 33.6. The van der Waals surface area contributed by atoms with E-state index in [1.807, 2.05) is 0 Å². The van der Waals surface area contributed by atoms with Crippen LogP contribution >= 0.6 is 0 Å². The molecule has 0 atom stereocenters. The van der Waals surface area contributed by atoms with E-state index in [2.05, 4.69) is 220 Å². The van der Waals surface area contributed by atoms with Crippen LogP contribution < -0.4 is 0 Å². The Kier molecular flexibility index (Phi) is 7.77. The van der Waals surface area contributed by atoms with Gasteiger partial charge in [0.15, 0.2) is 0 Å². The van der Waals surface area contributed by atoms with Crippen molar-refractivity contribution in [2.45, 2.75) is 13.8 Å². The van der Waals surface area contributed by atoms with E-state index in [4.69, 9.17) is 0 Å². The van der Waals surface area contributed by atoms with Crippen LogP contribution in [0, 0.1) is 13.8 Å². The standard InChI is InChI=1S/C60H40/c1-37-24-28-41(29-25-37)54-46-18-9-10-19-47(46)55(42-30-26-38(2)27-31-42)53-36-43(32-33-50(53)54)44-34-35-52-58-45(44)22-13-23-51(58)59-56(39-14-5-3-6-15-39)48-20-11-12-21-49(48)57(60(52)59)40-16-7-4-8-17-40/h3-36H,1-2H3. The fourth-order valence-corrected chi connectivity index (χ4v) is 10.3. The van der Waals surface area contributed by atoms with Crippen LogP contribution in [-0.4, -0.2) is 0 Å². The molecule has 60 heavy (non-hydrogen) atoms. The Morgan fingerprint density at radius 1 is 0.217 bits per heavy atom. The summed E-state index contributed by atoms with van der Waals surface area (Å²) in [5.74, 6) is 0. The molecule has 0 fully saturated rings. The van der Waals surface area contributed by atoms with Crippen LogP contribution in [-0.2, 0) is 0 Å². The maximum absolute atomic E-state index is 2.47. The highest BCUT2D eigenvalue weighted by Gasteiger charge is 2.31. The van der Waals surface area contributed by atoms with E-state index in [1.54, 1.807) is 0 Å². The lowest BCUT2D eigenvalue weighted by Crippen LogP contribution is -1.93. The summed E-state index contributed by atoms with van der Waals surface area (Å²) in [6.45, 7) is 4.33. The molecule has 11 aromatic rings. The zero-order valence-electron chi connectivity index (χ0n) is 33.6. The predicted molar refractivity (Wildman–Crippen MR) is 258 cm³/mol. The highest BCUT2D eigenvalue weighted by molar-refractivity contribution is 6.29. The molecule has 12 rings (SSSR count). The summed E-state index contributed by atoms with van der Waals surface area (Å²) in [5.41, 5.74) is 20.4. The van der Waals surface area contributed by atoms with Crippen molar-refractivity contribution in [3.8, 4) is 77.9 Å². The third-order valence-corrected chi connectivity index (χ3v) is 12.9. The van der Waals surface area contributed by atoms with Crippen LogP contribution in [0.5, 0.6) is 0 Å². The minimum atomic E-state index is 1.22. The minimum Gasteiger partial charge on any atom is -0.0622 e. The van der Waals surface area contributed by atoms with Gasteiger partial charge in [0.1, 0.15) is 0 Å². The average Bonchev–Trinajstić information content (AvgIpc) is 3.63. The van der Waals surface area contributed by atoms with E-state index in [-0.39, 0.29) is 0 Å². The highest BCUT2D eigenvalue weighted by atomic mass is 14.3. The number of benzene rings is 11. The molecule has 0 saturated carbocycles. The van der Waals surface area contributed by atoms with Crippen LogP contribution in [0.3, 0.4) is 0 Å². The zero-order chi connectivity index (χ0) is 39.9. The first-order valence-electron chi connectivity index (χ1n) is 21.0. The molecule has 0 aromatic heterocycles. The fourth-order valence-electron chi connectivity index (χ4n) is 10.3. The molecule has 0 nitrogen and oxygen atoms in total. The molecule has 0 saturated heterocycles. The molecule has 0 unspecified atom stereocenters. The number of hydrogen-bond acceptors (Lipinski definition) is 0. The van der Waals surface area contributed by atoms with Crippen molar-refractivity contribution < 1.29 is 0 Å². The molecule has 0 bridgehead atoms. The molecule has 11 aromatic carbocycles. The summed E-state index contributed by atoms with van der Waals surface area (Å²) in [7, 11) is 0. The fraction of sp³-hybridized carbons (Fsp3) is 0.0333. The Bertz CT molecular complexity index is 3410. The molecule has 0 aliphatic heterocycles. The molecule has 0 radical (unpaired) electrons. The van der Waals surface area contributed by atoms with Gasteiger partial charge in [-0.1, -0.05) is 211 Å². The van der Waals surface area contributed by atoms with Gasteiger partial charge in [-0.3, -0.25) is 0 Å². The van der Waals surface area contributed by atoms with Gasteiger partial charge < -0.3 is 0 Å². The first-order chi connectivity index (χ1) is 29.6. The monoisotopic (exact) mass is 760 g/mol. The van der Waals surface area contributed by atoms with Crippen molar-refractivity contribution in [3.63, 3.8) is 0 Å². The van der Waals surface area contributed by atoms with Gasteiger partial charge in [0.25, 0.3) is 0 Å². The summed E-state index contributed by atoms with van der Waals surface area (Å²) >= 11 is 0. The van der Waals surface area contributed by atoms with Crippen molar-refractivity contribution >= 4 is 43.1 Å². The Labute approximate surface area is 350 Å². The van der Waals surface area contributed by atoms with E-state index < -0.39 is 0 Å². The Morgan fingerprint density at radius 2 is 0.600 bits per heavy atom. The van der Waals surface area contributed by atoms with Gasteiger partial charge >= 0.3 is 0 Å². The summed E-state index contributed by atoms with van der Waals surface area (Å²) in [4.78, 5) is 0. The normalized spacial score (nSPS) is 11.8. The van der Waals surface area contributed by atoms with Gasteiger partial charge in [-0.25, -0.2) is 0 Å². The van der Waals surface area contributed by atoms with Gasteiger partial charge in [0, 0.05) is 0 Å². The molecule has 1 aliphatic carbocycles. The first kappa shape index (κ1) is 34.5. The molecule has 280 valence electrons. The first-order valence-corrected chi connectivity index (χ1v) is 21.0. The van der Waals surface area contributed by atoms with Gasteiger partial charge in [-0.2, -0.15) is 0 Å². The molecule has 0 spiro atoms. The number of aryl methyl sites for hydroxylation is 2. The smallest absolute Gasteiger partial charge is 0.000741 e. The number of fused-ring (bicyclic) bond motifs is 6. The largest absolute Gasteiger partial charge is 0.0622 e. The van der Waals surface area contributed by atoms with Gasteiger partial charge in [-0.05, 0) is 141 Å². The summed E-state index contributed by atoms with van der Waals surface area (Å²) in [6.07, 6.45) is 0. The summed E-state index contributed by atoms with van der Waals surface area (Å²) in [5, 5.41) is 10.2. The maximum atomic E-state index is 2.47. The second-order valence-electron chi connectivity index (χ2n) is 16.5. The topological polar surface area (TPSA) is 0 Å². The second kappa shape index (κ2) is 13.5. The Balaban J connectivity index is 1.17. The van der Waals surface area contributed by atoms with Crippen LogP contribution in [0.4, 0.5) is 0 Å². The van der Waals surface area contributed by atoms with E-state index in [0.717, 1.165) is 0 Å². The van der Waals surface area contributed by atoms with Crippen molar-refractivity contribution in [2.24, 2.45) is 0 Å². The SMILES string of the molecule is Cc1ccc(-c2c3ccccc3c(-c3ccc(C)cc3)c3cc(-c4ccc5c6c(cccc46)-c4c-5c(-c5ccccc5)c5ccccc5c4-c4ccccc4)ccc23)cc1. The minimum absolute atomic E-state index is 1.22. The van der Waals surface area contributed by atoms with Crippen molar-refractivity contribution in [2.75, 3.05) is 0 Å². The Hall–Kier alpha value is -7.54. The molecule has 0 heterocycles. The van der Waals surface area contributed by atoms with Gasteiger partial charge in [-0.15, -0.1) is 0 Å². The third-order valence-electron chi connectivity index (χ3n) is 12.9. The molecular weight excluding hydrogens is 721 g/mol. The summed E-state index contributed by atoms with van der Waals surface area (Å²) < 4.78 is 0. The highest BCUT2D eigenvalue weighted by Crippen LogP contribution is 2.58. The van der Waals surface area contributed by atoms with Crippen molar-refractivity contribution in [1.29, 1.82) is 0 Å². The van der Waals surface area contributed by atoms with E-state index in [9.17, 15) is 0 Å². The second-order valence-corrected chi connectivity index (χ2v) is 16.5. The quantitative estimate of drug-likeness (QED) is 0.153.